The van der Waals surface area contributed by atoms with E-state index in [1.54, 1.807) is 4.90 Å². The highest BCUT2D eigenvalue weighted by Gasteiger charge is 2.16. The van der Waals surface area contributed by atoms with Crippen LogP contribution < -0.4 is 5.32 Å². The third kappa shape index (κ3) is 4.07. The first-order valence-electron chi connectivity index (χ1n) is 7.56. The van der Waals surface area contributed by atoms with Crippen molar-refractivity contribution in [2.45, 2.75) is 33.7 Å². The quantitative estimate of drug-likeness (QED) is 0.890. The summed E-state index contributed by atoms with van der Waals surface area (Å²) in [6, 6.07) is 7.80. The number of amides is 2. The van der Waals surface area contributed by atoms with Gasteiger partial charge in [0.25, 0.3) is 0 Å². The van der Waals surface area contributed by atoms with Crippen LogP contribution in [0.15, 0.2) is 28.8 Å². The molecule has 1 N–H and O–H groups in total. The fourth-order valence-corrected chi connectivity index (χ4v) is 1.97. The minimum atomic E-state index is -0.112. The molecule has 0 saturated heterocycles. The highest BCUT2D eigenvalue weighted by molar-refractivity contribution is 5.74. The van der Waals surface area contributed by atoms with Crippen LogP contribution in [-0.4, -0.2) is 34.2 Å². The molecule has 0 aliphatic heterocycles. The number of hydrogen-bond donors (Lipinski definition) is 1. The van der Waals surface area contributed by atoms with Crippen molar-refractivity contribution in [3.8, 4) is 11.4 Å². The molecule has 0 radical (unpaired) electrons. The Bertz CT molecular complexity index is 607. The largest absolute Gasteiger partial charge is 0.338 e. The number of urea groups is 1. The molecule has 0 saturated carbocycles. The van der Waals surface area contributed by atoms with E-state index in [9.17, 15) is 4.79 Å². The van der Waals surface area contributed by atoms with Crippen molar-refractivity contribution in [2.75, 3.05) is 13.1 Å². The Morgan fingerprint density at radius 2 is 2.00 bits per heavy atom. The summed E-state index contributed by atoms with van der Waals surface area (Å²) in [5.41, 5.74) is 2.08. The first-order chi connectivity index (χ1) is 10.6. The summed E-state index contributed by atoms with van der Waals surface area (Å²) in [6.07, 6.45) is 0.904. The van der Waals surface area contributed by atoms with Gasteiger partial charge in [0, 0.05) is 18.7 Å². The Kier molecular flexibility index (Phi) is 5.52. The molecule has 6 nitrogen and oxygen atoms in total. The van der Waals surface area contributed by atoms with Crippen LogP contribution in [0.5, 0.6) is 0 Å². The number of benzene rings is 1. The molecule has 1 aromatic heterocycles. The second-order valence-electron chi connectivity index (χ2n) is 5.12. The summed E-state index contributed by atoms with van der Waals surface area (Å²) in [7, 11) is 0. The van der Waals surface area contributed by atoms with Gasteiger partial charge in [0.1, 0.15) is 6.54 Å². The molecule has 0 spiro atoms. The Labute approximate surface area is 130 Å². The van der Waals surface area contributed by atoms with Gasteiger partial charge in [-0.25, -0.2) is 4.79 Å². The van der Waals surface area contributed by atoms with Crippen molar-refractivity contribution >= 4 is 6.03 Å². The van der Waals surface area contributed by atoms with Gasteiger partial charge in [-0.1, -0.05) is 41.9 Å². The fraction of sp³-hybridized carbons (Fsp3) is 0.438. The van der Waals surface area contributed by atoms with E-state index in [1.165, 1.54) is 5.56 Å². The molecule has 0 bridgehead atoms. The molecule has 2 amide bonds. The molecule has 6 heteroatoms. The Morgan fingerprint density at radius 1 is 1.27 bits per heavy atom. The number of carbonyl (C=O) groups is 1. The monoisotopic (exact) mass is 302 g/mol. The Morgan fingerprint density at radius 3 is 2.64 bits per heavy atom. The number of rotatable bonds is 6. The molecular formula is C16H22N4O2. The average Bonchev–Trinajstić information content (AvgIpc) is 2.99. The Balaban J connectivity index is 2.04. The SMILES string of the molecule is CCCNC(=O)N(CC)Cc1nc(-c2ccc(C)cc2)no1. The van der Waals surface area contributed by atoms with Gasteiger partial charge in [0.15, 0.2) is 0 Å². The molecule has 1 heterocycles. The molecule has 0 atom stereocenters. The van der Waals surface area contributed by atoms with Crippen molar-refractivity contribution in [3.05, 3.63) is 35.7 Å². The molecule has 0 aliphatic carbocycles. The maximum absolute atomic E-state index is 12.0. The van der Waals surface area contributed by atoms with Crippen LogP contribution >= 0.6 is 0 Å². The van der Waals surface area contributed by atoms with Crippen LogP contribution in [0.1, 0.15) is 31.7 Å². The van der Waals surface area contributed by atoms with Gasteiger partial charge < -0.3 is 14.7 Å². The summed E-state index contributed by atoms with van der Waals surface area (Å²) in [6.45, 7) is 7.52. The van der Waals surface area contributed by atoms with Gasteiger partial charge in [-0.3, -0.25) is 0 Å². The minimum Gasteiger partial charge on any atom is -0.338 e. The van der Waals surface area contributed by atoms with Crippen LogP contribution in [0.25, 0.3) is 11.4 Å². The van der Waals surface area contributed by atoms with Gasteiger partial charge in [-0.15, -0.1) is 0 Å². The number of nitrogens with one attached hydrogen (secondary N) is 1. The molecule has 2 aromatic rings. The highest BCUT2D eigenvalue weighted by atomic mass is 16.5. The van der Waals surface area contributed by atoms with Gasteiger partial charge in [0.2, 0.25) is 11.7 Å². The van der Waals surface area contributed by atoms with Crippen molar-refractivity contribution in [1.29, 1.82) is 0 Å². The number of nitrogens with zero attached hydrogens (tertiary/aromatic N) is 3. The zero-order chi connectivity index (χ0) is 15.9. The van der Waals surface area contributed by atoms with Crippen molar-refractivity contribution in [3.63, 3.8) is 0 Å². The van der Waals surface area contributed by atoms with Crippen molar-refractivity contribution in [1.82, 2.24) is 20.4 Å². The molecular weight excluding hydrogens is 280 g/mol. The number of hydrogen-bond acceptors (Lipinski definition) is 4. The molecule has 2 rings (SSSR count). The summed E-state index contributed by atoms with van der Waals surface area (Å²) in [4.78, 5) is 18.0. The van der Waals surface area contributed by atoms with E-state index in [1.807, 2.05) is 45.0 Å². The Hall–Kier alpha value is -2.37. The first kappa shape index (κ1) is 16.0. The molecule has 118 valence electrons. The summed E-state index contributed by atoms with van der Waals surface area (Å²) < 4.78 is 5.25. The predicted molar refractivity (Wildman–Crippen MR) is 84.2 cm³/mol. The van der Waals surface area contributed by atoms with Crippen molar-refractivity contribution < 1.29 is 9.32 Å². The summed E-state index contributed by atoms with van der Waals surface area (Å²) >= 11 is 0. The predicted octanol–water partition coefficient (Wildman–Crippen LogP) is 2.99. The topological polar surface area (TPSA) is 71.3 Å². The second kappa shape index (κ2) is 7.59. The van der Waals surface area contributed by atoms with E-state index < -0.39 is 0 Å². The van der Waals surface area contributed by atoms with E-state index in [4.69, 9.17) is 4.52 Å². The standard InChI is InChI=1S/C16H22N4O2/c1-4-10-17-16(21)20(5-2)11-14-18-15(19-22-14)13-8-6-12(3)7-9-13/h6-9H,4-5,10-11H2,1-3H3,(H,17,21). The maximum atomic E-state index is 12.0. The van der Waals surface area contributed by atoms with E-state index in [0.717, 1.165) is 12.0 Å². The molecule has 0 fully saturated rings. The third-order valence-corrected chi connectivity index (χ3v) is 3.30. The number of aryl methyl sites for hydroxylation is 1. The summed E-state index contributed by atoms with van der Waals surface area (Å²) in [5.74, 6) is 0.976. The zero-order valence-electron chi connectivity index (χ0n) is 13.3. The second-order valence-corrected chi connectivity index (χ2v) is 5.12. The van der Waals surface area contributed by atoms with E-state index >= 15 is 0 Å². The molecule has 22 heavy (non-hydrogen) atoms. The number of aromatic nitrogens is 2. The van der Waals surface area contributed by atoms with Gasteiger partial charge in [-0.05, 0) is 20.3 Å². The van der Waals surface area contributed by atoms with Gasteiger partial charge in [0.05, 0.1) is 0 Å². The average molecular weight is 302 g/mol. The van der Waals surface area contributed by atoms with E-state index in [0.29, 0.717) is 31.3 Å². The lowest BCUT2D eigenvalue weighted by molar-refractivity contribution is 0.189. The third-order valence-electron chi connectivity index (χ3n) is 3.30. The molecule has 0 aliphatic rings. The fourth-order valence-electron chi connectivity index (χ4n) is 1.97. The lowest BCUT2D eigenvalue weighted by atomic mass is 10.1. The van der Waals surface area contributed by atoms with Gasteiger partial charge >= 0.3 is 6.03 Å². The normalized spacial score (nSPS) is 10.5. The van der Waals surface area contributed by atoms with E-state index in [-0.39, 0.29) is 6.03 Å². The molecule has 0 unspecified atom stereocenters. The van der Waals surface area contributed by atoms with Crippen molar-refractivity contribution in [2.24, 2.45) is 0 Å². The zero-order valence-corrected chi connectivity index (χ0v) is 13.3. The first-order valence-corrected chi connectivity index (χ1v) is 7.56. The smallest absolute Gasteiger partial charge is 0.317 e. The van der Waals surface area contributed by atoms with Crippen LogP contribution in [0.3, 0.4) is 0 Å². The van der Waals surface area contributed by atoms with Crippen LogP contribution in [0.4, 0.5) is 4.79 Å². The highest BCUT2D eigenvalue weighted by Crippen LogP contribution is 2.16. The van der Waals surface area contributed by atoms with E-state index in [2.05, 4.69) is 15.5 Å². The lowest BCUT2D eigenvalue weighted by Crippen LogP contribution is -2.39. The summed E-state index contributed by atoms with van der Waals surface area (Å²) in [5, 5.41) is 6.83. The molecule has 1 aromatic carbocycles. The maximum Gasteiger partial charge on any atom is 0.317 e. The number of carbonyl (C=O) groups excluding carboxylic acids is 1. The minimum absolute atomic E-state index is 0.112. The van der Waals surface area contributed by atoms with Gasteiger partial charge in [-0.2, -0.15) is 4.98 Å². The van der Waals surface area contributed by atoms with Crippen LogP contribution in [-0.2, 0) is 6.54 Å². The van der Waals surface area contributed by atoms with Crippen LogP contribution in [0.2, 0.25) is 0 Å². The van der Waals surface area contributed by atoms with Crippen LogP contribution in [0, 0.1) is 6.92 Å². The lowest BCUT2D eigenvalue weighted by Gasteiger charge is -2.19.